The van der Waals surface area contributed by atoms with Gasteiger partial charge < -0.3 is 10.1 Å². The van der Waals surface area contributed by atoms with Crippen LogP contribution in [-0.4, -0.2) is 20.2 Å². The highest BCUT2D eigenvalue weighted by molar-refractivity contribution is 6.12. The van der Waals surface area contributed by atoms with E-state index in [1.807, 2.05) is 28.8 Å². The molecule has 0 amide bonds. The van der Waals surface area contributed by atoms with Crippen LogP contribution in [0, 0.1) is 5.41 Å². The summed E-state index contributed by atoms with van der Waals surface area (Å²) in [5.41, 5.74) is 8.73. The fourth-order valence-electron chi connectivity index (χ4n) is 1.93. The summed E-state index contributed by atoms with van der Waals surface area (Å²) >= 11 is 0. The van der Waals surface area contributed by atoms with E-state index in [0.717, 1.165) is 11.0 Å². The highest BCUT2D eigenvalue weighted by atomic mass is 35.5. The monoisotopic (exact) mass is 283 g/mol. The van der Waals surface area contributed by atoms with Crippen molar-refractivity contribution in [3.8, 4) is 0 Å². The van der Waals surface area contributed by atoms with Crippen molar-refractivity contribution in [3.05, 3.63) is 42.5 Å². The summed E-state index contributed by atoms with van der Waals surface area (Å²) in [6.07, 6.45) is 5.10. The second kappa shape index (κ2) is 5.20. The van der Waals surface area contributed by atoms with E-state index in [-0.39, 0.29) is 30.6 Å². The van der Waals surface area contributed by atoms with E-state index in [1.165, 1.54) is 6.33 Å². The van der Waals surface area contributed by atoms with Crippen molar-refractivity contribution < 1.29 is 0 Å². The highest BCUT2D eigenvalue weighted by Gasteiger charge is 2.14. The highest BCUT2D eigenvalue weighted by Crippen LogP contribution is 2.23. The van der Waals surface area contributed by atoms with Crippen molar-refractivity contribution in [2.75, 3.05) is 0 Å². The molecule has 3 rings (SSSR count). The summed E-state index contributed by atoms with van der Waals surface area (Å²) in [6, 6.07) is 5.75. The van der Waals surface area contributed by atoms with Gasteiger partial charge in [-0.2, -0.15) is 0 Å². The lowest BCUT2D eigenvalue weighted by atomic mass is 10.2. The van der Waals surface area contributed by atoms with Gasteiger partial charge in [0.1, 0.15) is 17.7 Å². The average Bonchev–Trinajstić information content (AvgIpc) is 2.63. The first-order valence-corrected chi connectivity index (χ1v) is 4.82. The Morgan fingerprint density at radius 3 is 2.72 bits per heavy atom. The minimum Gasteiger partial charge on any atom is -0.384 e. The van der Waals surface area contributed by atoms with E-state index >= 15 is 0 Å². The van der Waals surface area contributed by atoms with Crippen LogP contribution in [0.2, 0.25) is 0 Å². The van der Waals surface area contributed by atoms with Crippen LogP contribution in [0.4, 0.5) is 0 Å². The number of hydrogen-bond donors (Lipinski definition) is 2. The Kier molecular flexibility index (Phi) is 4.11. The molecular formula is C11H11Cl2N5. The maximum atomic E-state index is 7.62. The predicted molar refractivity (Wildman–Crippen MR) is 76.0 cm³/mol. The molecule has 3 aromatic heterocycles. The van der Waals surface area contributed by atoms with Gasteiger partial charge in [-0.05, 0) is 12.1 Å². The van der Waals surface area contributed by atoms with Gasteiger partial charge in [-0.1, -0.05) is 6.07 Å². The zero-order valence-electron chi connectivity index (χ0n) is 9.20. The minimum atomic E-state index is 0. The van der Waals surface area contributed by atoms with Crippen molar-refractivity contribution in [1.82, 2.24) is 14.4 Å². The third-order valence-electron chi connectivity index (χ3n) is 2.57. The maximum Gasteiger partial charge on any atom is 0.127 e. The molecule has 0 aromatic carbocycles. The Morgan fingerprint density at radius 1 is 1.22 bits per heavy atom. The topological polar surface area (TPSA) is 80.1 Å². The largest absolute Gasteiger partial charge is 0.384 e. The van der Waals surface area contributed by atoms with Crippen molar-refractivity contribution in [3.63, 3.8) is 0 Å². The van der Waals surface area contributed by atoms with Gasteiger partial charge in [0.05, 0.1) is 22.8 Å². The lowest BCUT2D eigenvalue weighted by Crippen LogP contribution is -2.11. The van der Waals surface area contributed by atoms with Crippen LogP contribution in [0.3, 0.4) is 0 Å². The molecule has 3 N–H and O–H groups in total. The van der Waals surface area contributed by atoms with Crippen LogP contribution in [0.25, 0.3) is 16.6 Å². The fraction of sp³-hybridized carbons (Fsp3) is 0. The molecule has 7 heteroatoms. The normalized spacial score (nSPS) is 9.78. The quantitative estimate of drug-likeness (QED) is 0.530. The molecule has 0 spiro atoms. The molecule has 0 aliphatic carbocycles. The molecule has 0 saturated heterocycles. The molecule has 0 bridgehead atoms. The molecule has 0 fully saturated rings. The third kappa shape index (κ3) is 1.87. The van der Waals surface area contributed by atoms with Crippen molar-refractivity contribution in [1.29, 1.82) is 5.41 Å². The SMILES string of the molecule is Cl.Cl.N=C(N)c1c2ncncc2n2ccccc12. The molecule has 5 nitrogen and oxygen atoms in total. The molecule has 3 aromatic rings. The first-order chi connectivity index (χ1) is 7.79. The lowest BCUT2D eigenvalue weighted by molar-refractivity contribution is 1.18. The van der Waals surface area contributed by atoms with E-state index in [4.69, 9.17) is 11.1 Å². The number of nitrogens with two attached hydrogens (primary N) is 1. The lowest BCUT2D eigenvalue weighted by Gasteiger charge is -1.96. The second-order valence-electron chi connectivity index (χ2n) is 3.50. The summed E-state index contributed by atoms with van der Waals surface area (Å²) in [7, 11) is 0. The number of nitrogen functional groups attached to an aromatic ring is 1. The Morgan fingerprint density at radius 2 is 2.00 bits per heavy atom. The number of hydrogen-bond acceptors (Lipinski definition) is 3. The molecule has 0 aliphatic rings. The number of aromatic nitrogens is 3. The maximum absolute atomic E-state index is 7.62. The molecule has 0 radical (unpaired) electrons. The standard InChI is InChI=1S/C11H9N5.2ClH/c12-11(13)9-7-3-1-2-4-16(7)8-5-14-6-15-10(8)9;;/h1-6H,(H3,12,13);2*1H. The van der Waals surface area contributed by atoms with E-state index in [9.17, 15) is 0 Å². The van der Waals surface area contributed by atoms with Crippen LogP contribution in [0.1, 0.15) is 5.56 Å². The molecular weight excluding hydrogens is 273 g/mol. The number of fused-ring (bicyclic) bond motifs is 3. The average molecular weight is 284 g/mol. The van der Waals surface area contributed by atoms with E-state index < -0.39 is 0 Å². The van der Waals surface area contributed by atoms with Crippen LogP contribution >= 0.6 is 24.8 Å². The Balaban J connectivity index is 0.000000810. The van der Waals surface area contributed by atoms with Crippen LogP contribution in [0.5, 0.6) is 0 Å². The van der Waals surface area contributed by atoms with Gasteiger partial charge in [0.25, 0.3) is 0 Å². The van der Waals surface area contributed by atoms with Gasteiger partial charge in [0.15, 0.2) is 0 Å². The fourth-order valence-corrected chi connectivity index (χ4v) is 1.93. The van der Waals surface area contributed by atoms with Crippen LogP contribution < -0.4 is 5.73 Å². The van der Waals surface area contributed by atoms with Crippen molar-refractivity contribution >= 4 is 47.2 Å². The number of amidine groups is 1. The van der Waals surface area contributed by atoms with E-state index in [1.54, 1.807) is 6.20 Å². The first kappa shape index (κ1) is 14.2. The minimum absolute atomic E-state index is 0. The molecule has 0 atom stereocenters. The van der Waals surface area contributed by atoms with Gasteiger partial charge in [0.2, 0.25) is 0 Å². The number of nitrogens with zero attached hydrogens (tertiary/aromatic N) is 3. The second-order valence-corrected chi connectivity index (χ2v) is 3.50. The number of pyridine rings is 1. The Labute approximate surface area is 115 Å². The first-order valence-electron chi connectivity index (χ1n) is 4.82. The van der Waals surface area contributed by atoms with E-state index in [0.29, 0.717) is 11.1 Å². The summed E-state index contributed by atoms with van der Waals surface area (Å²) in [5.74, 6) is 0.0254. The summed E-state index contributed by atoms with van der Waals surface area (Å²) in [4.78, 5) is 8.18. The zero-order valence-corrected chi connectivity index (χ0v) is 10.8. The smallest absolute Gasteiger partial charge is 0.127 e. The molecule has 18 heavy (non-hydrogen) atoms. The van der Waals surface area contributed by atoms with Gasteiger partial charge in [-0.15, -0.1) is 24.8 Å². The van der Waals surface area contributed by atoms with Crippen molar-refractivity contribution in [2.24, 2.45) is 5.73 Å². The van der Waals surface area contributed by atoms with E-state index in [2.05, 4.69) is 9.97 Å². The number of rotatable bonds is 1. The Hall–Kier alpha value is -1.85. The van der Waals surface area contributed by atoms with Gasteiger partial charge >= 0.3 is 0 Å². The molecule has 0 unspecified atom stereocenters. The number of nitrogens with one attached hydrogen (secondary N) is 1. The van der Waals surface area contributed by atoms with Gasteiger partial charge in [-0.25, -0.2) is 9.97 Å². The zero-order chi connectivity index (χ0) is 11.1. The van der Waals surface area contributed by atoms with Gasteiger partial charge in [-0.3, -0.25) is 5.41 Å². The molecule has 94 valence electrons. The summed E-state index contributed by atoms with van der Waals surface area (Å²) in [6.45, 7) is 0. The third-order valence-corrected chi connectivity index (χ3v) is 2.57. The predicted octanol–water partition coefficient (Wildman–Crippen LogP) is 2.01. The van der Waals surface area contributed by atoms with Crippen LogP contribution in [-0.2, 0) is 0 Å². The summed E-state index contributed by atoms with van der Waals surface area (Å²) < 4.78 is 1.94. The summed E-state index contributed by atoms with van der Waals surface area (Å²) in [5, 5.41) is 7.62. The van der Waals surface area contributed by atoms with Crippen LogP contribution in [0.15, 0.2) is 36.9 Å². The molecule has 0 saturated carbocycles. The Bertz CT molecular complexity index is 654. The van der Waals surface area contributed by atoms with Gasteiger partial charge in [0, 0.05) is 6.20 Å². The molecule has 3 heterocycles. The number of halogens is 2. The van der Waals surface area contributed by atoms with Crippen molar-refractivity contribution in [2.45, 2.75) is 0 Å². The molecule has 0 aliphatic heterocycles.